The van der Waals surface area contributed by atoms with Gasteiger partial charge < -0.3 is 19.9 Å². The van der Waals surface area contributed by atoms with Crippen LogP contribution in [-0.4, -0.2) is 54.2 Å². The number of nitrogens with one attached hydrogen (secondary N) is 1. The molecule has 6 nitrogen and oxygen atoms in total. The standard InChI is InChI=1S/C15H17N3O3/c1-17-4-6-18(7-5-17)11-3-2-10-8-12(15(20)21)14(19)16-13(10)9-11/h2-3,8-9H,4-7H2,1H3,(H,16,19)(H,20,21). The van der Waals surface area contributed by atoms with Crippen LogP contribution in [0.2, 0.25) is 0 Å². The third-order valence-corrected chi connectivity index (χ3v) is 3.93. The highest BCUT2D eigenvalue weighted by Crippen LogP contribution is 2.21. The summed E-state index contributed by atoms with van der Waals surface area (Å²) in [6, 6.07) is 7.15. The molecule has 0 bridgehead atoms. The van der Waals surface area contributed by atoms with Crippen molar-refractivity contribution in [2.45, 2.75) is 0 Å². The van der Waals surface area contributed by atoms with E-state index in [4.69, 9.17) is 5.11 Å². The van der Waals surface area contributed by atoms with Gasteiger partial charge in [0.05, 0.1) is 5.52 Å². The first-order valence-electron chi connectivity index (χ1n) is 6.88. The molecule has 6 heteroatoms. The zero-order valence-electron chi connectivity index (χ0n) is 11.8. The van der Waals surface area contributed by atoms with Crippen molar-refractivity contribution in [2.24, 2.45) is 0 Å². The van der Waals surface area contributed by atoms with E-state index >= 15 is 0 Å². The number of aromatic amines is 1. The van der Waals surface area contributed by atoms with Gasteiger partial charge in [0.25, 0.3) is 5.56 Å². The highest BCUT2D eigenvalue weighted by Gasteiger charge is 2.15. The number of likely N-dealkylation sites (N-methyl/N-ethyl adjacent to an activating group) is 1. The van der Waals surface area contributed by atoms with E-state index in [0.29, 0.717) is 5.52 Å². The first-order chi connectivity index (χ1) is 10.0. The smallest absolute Gasteiger partial charge is 0.341 e. The first-order valence-corrected chi connectivity index (χ1v) is 6.88. The van der Waals surface area contributed by atoms with Gasteiger partial charge in [-0.25, -0.2) is 4.79 Å². The molecule has 0 spiro atoms. The molecule has 1 saturated heterocycles. The fraction of sp³-hybridized carbons (Fsp3) is 0.333. The second-order valence-electron chi connectivity index (χ2n) is 5.38. The minimum absolute atomic E-state index is 0.227. The highest BCUT2D eigenvalue weighted by molar-refractivity contribution is 5.93. The Morgan fingerprint density at radius 1 is 1.19 bits per heavy atom. The van der Waals surface area contributed by atoms with Gasteiger partial charge in [-0.05, 0) is 30.6 Å². The Morgan fingerprint density at radius 3 is 2.57 bits per heavy atom. The summed E-state index contributed by atoms with van der Waals surface area (Å²) in [6.45, 7) is 3.90. The number of benzene rings is 1. The van der Waals surface area contributed by atoms with Crippen LogP contribution in [0.4, 0.5) is 5.69 Å². The molecule has 0 aliphatic carbocycles. The topological polar surface area (TPSA) is 76.6 Å². The minimum Gasteiger partial charge on any atom is -0.477 e. The predicted octanol–water partition coefficient (Wildman–Crippen LogP) is 0.978. The molecule has 0 atom stereocenters. The number of hydrogen-bond donors (Lipinski definition) is 2. The number of hydrogen-bond acceptors (Lipinski definition) is 4. The Hall–Kier alpha value is -2.34. The number of carboxylic acids is 1. The number of anilines is 1. The lowest BCUT2D eigenvalue weighted by Crippen LogP contribution is -2.44. The molecule has 21 heavy (non-hydrogen) atoms. The van der Waals surface area contributed by atoms with Crippen LogP contribution in [0.1, 0.15) is 10.4 Å². The quantitative estimate of drug-likeness (QED) is 0.861. The van der Waals surface area contributed by atoms with Crippen LogP contribution in [0.5, 0.6) is 0 Å². The molecule has 0 radical (unpaired) electrons. The maximum Gasteiger partial charge on any atom is 0.341 e. The fourth-order valence-electron chi connectivity index (χ4n) is 2.61. The average Bonchev–Trinajstić information content (AvgIpc) is 2.46. The molecule has 3 rings (SSSR count). The van der Waals surface area contributed by atoms with Crippen LogP contribution < -0.4 is 10.5 Å². The van der Waals surface area contributed by atoms with Gasteiger partial charge in [-0.2, -0.15) is 0 Å². The monoisotopic (exact) mass is 287 g/mol. The molecule has 2 N–H and O–H groups in total. The Bertz CT molecular complexity index is 745. The van der Waals surface area contributed by atoms with E-state index < -0.39 is 11.5 Å². The van der Waals surface area contributed by atoms with E-state index in [2.05, 4.69) is 21.8 Å². The van der Waals surface area contributed by atoms with Gasteiger partial charge in [0.1, 0.15) is 5.56 Å². The number of aromatic nitrogens is 1. The van der Waals surface area contributed by atoms with Crippen LogP contribution in [0.15, 0.2) is 29.1 Å². The van der Waals surface area contributed by atoms with E-state index in [9.17, 15) is 9.59 Å². The van der Waals surface area contributed by atoms with Gasteiger partial charge in [0.15, 0.2) is 0 Å². The summed E-state index contributed by atoms with van der Waals surface area (Å²) in [7, 11) is 2.10. The molecule has 1 aliphatic rings. The molecule has 1 aromatic carbocycles. The lowest BCUT2D eigenvalue weighted by molar-refractivity contribution is 0.0695. The summed E-state index contributed by atoms with van der Waals surface area (Å²) in [4.78, 5) is 29.9. The Kier molecular flexibility index (Phi) is 3.39. The number of rotatable bonds is 2. The molecule has 0 amide bonds. The van der Waals surface area contributed by atoms with Gasteiger partial charge in [0, 0.05) is 31.9 Å². The van der Waals surface area contributed by atoms with Gasteiger partial charge >= 0.3 is 5.97 Å². The molecule has 1 aromatic heterocycles. The summed E-state index contributed by atoms with van der Waals surface area (Å²) in [6.07, 6.45) is 0. The molecular formula is C15H17N3O3. The lowest BCUT2D eigenvalue weighted by atomic mass is 10.1. The highest BCUT2D eigenvalue weighted by atomic mass is 16.4. The van der Waals surface area contributed by atoms with Crippen molar-refractivity contribution in [3.8, 4) is 0 Å². The number of nitrogens with zero attached hydrogens (tertiary/aromatic N) is 2. The van der Waals surface area contributed by atoms with Crippen molar-refractivity contribution in [1.29, 1.82) is 0 Å². The molecule has 2 aromatic rings. The van der Waals surface area contributed by atoms with Crippen LogP contribution >= 0.6 is 0 Å². The van der Waals surface area contributed by atoms with Crippen molar-refractivity contribution in [1.82, 2.24) is 9.88 Å². The van der Waals surface area contributed by atoms with Crippen molar-refractivity contribution in [3.05, 3.63) is 40.2 Å². The third kappa shape index (κ3) is 2.62. The molecular weight excluding hydrogens is 270 g/mol. The maximum atomic E-state index is 11.7. The number of pyridine rings is 1. The zero-order valence-corrected chi connectivity index (χ0v) is 11.8. The van der Waals surface area contributed by atoms with Crippen molar-refractivity contribution >= 4 is 22.6 Å². The number of fused-ring (bicyclic) bond motifs is 1. The summed E-state index contributed by atoms with van der Waals surface area (Å²) >= 11 is 0. The van der Waals surface area contributed by atoms with E-state index in [1.165, 1.54) is 6.07 Å². The van der Waals surface area contributed by atoms with Gasteiger partial charge in [0.2, 0.25) is 0 Å². The Labute approximate surface area is 121 Å². The molecule has 0 unspecified atom stereocenters. The Balaban J connectivity index is 1.99. The van der Waals surface area contributed by atoms with Crippen molar-refractivity contribution < 1.29 is 9.90 Å². The predicted molar refractivity (Wildman–Crippen MR) is 81.2 cm³/mol. The number of piperazine rings is 1. The zero-order chi connectivity index (χ0) is 15.0. The normalized spacial score (nSPS) is 16.3. The molecule has 0 saturated carbocycles. The van der Waals surface area contributed by atoms with E-state index in [1.54, 1.807) is 0 Å². The number of carboxylic acid groups (broad SMARTS) is 1. The Morgan fingerprint density at radius 2 is 1.90 bits per heavy atom. The van der Waals surface area contributed by atoms with Crippen molar-refractivity contribution in [2.75, 3.05) is 38.1 Å². The van der Waals surface area contributed by atoms with Crippen molar-refractivity contribution in [3.63, 3.8) is 0 Å². The minimum atomic E-state index is -1.21. The molecule has 1 fully saturated rings. The van der Waals surface area contributed by atoms with E-state index in [1.807, 2.05) is 18.2 Å². The number of carbonyl (C=O) groups is 1. The molecule has 1 aliphatic heterocycles. The SMILES string of the molecule is CN1CCN(c2ccc3cc(C(=O)O)c(=O)[nH]c3c2)CC1. The van der Waals surface area contributed by atoms with Gasteiger partial charge in [-0.3, -0.25) is 4.79 Å². The van der Waals surface area contributed by atoms with Crippen LogP contribution in [0, 0.1) is 0 Å². The van der Waals surface area contributed by atoms with Crippen LogP contribution in [0.25, 0.3) is 10.9 Å². The summed E-state index contributed by atoms with van der Waals surface area (Å²) < 4.78 is 0. The summed E-state index contributed by atoms with van der Waals surface area (Å²) in [5, 5.41) is 9.70. The summed E-state index contributed by atoms with van der Waals surface area (Å²) in [5.74, 6) is -1.21. The van der Waals surface area contributed by atoms with E-state index in [0.717, 1.165) is 37.3 Å². The van der Waals surface area contributed by atoms with Crippen LogP contribution in [-0.2, 0) is 0 Å². The van der Waals surface area contributed by atoms with Gasteiger partial charge in [-0.15, -0.1) is 0 Å². The maximum absolute atomic E-state index is 11.7. The summed E-state index contributed by atoms with van der Waals surface area (Å²) in [5.41, 5.74) is 0.927. The second-order valence-corrected chi connectivity index (χ2v) is 5.38. The lowest BCUT2D eigenvalue weighted by Gasteiger charge is -2.34. The third-order valence-electron chi connectivity index (χ3n) is 3.93. The largest absolute Gasteiger partial charge is 0.477 e. The van der Waals surface area contributed by atoms with Gasteiger partial charge in [-0.1, -0.05) is 6.07 Å². The second kappa shape index (κ2) is 5.21. The number of H-pyrrole nitrogens is 1. The number of aromatic carboxylic acids is 1. The fourth-order valence-corrected chi connectivity index (χ4v) is 2.61. The first kappa shape index (κ1) is 13.6. The van der Waals surface area contributed by atoms with Crippen LogP contribution in [0.3, 0.4) is 0 Å². The average molecular weight is 287 g/mol. The molecule has 110 valence electrons. The molecule has 2 heterocycles. The van der Waals surface area contributed by atoms with E-state index in [-0.39, 0.29) is 5.56 Å².